The molecule has 0 aliphatic carbocycles. The van der Waals surface area contributed by atoms with Crippen LogP contribution in [0.5, 0.6) is 5.75 Å². The quantitative estimate of drug-likeness (QED) is 0.305. The Kier molecular flexibility index (Phi) is 5.63. The molecule has 174 valence electrons. The van der Waals surface area contributed by atoms with Crippen LogP contribution in [-0.2, 0) is 22.7 Å². The molecule has 0 aliphatic heterocycles. The highest BCUT2D eigenvalue weighted by molar-refractivity contribution is 7.19. The van der Waals surface area contributed by atoms with Gasteiger partial charge in [0, 0.05) is 21.8 Å². The number of ether oxygens (including phenoxy) is 2. The van der Waals surface area contributed by atoms with Gasteiger partial charge < -0.3 is 19.6 Å². The van der Waals surface area contributed by atoms with E-state index in [9.17, 15) is 9.90 Å². The molecular weight excluding hydrogens is 450 g/mol. The number of thiophene rings is 1. The molecule has 7 nitrogen and oxygen atoms in total. The molecule has 8 heteroatoms. The number of benzene rings is 2. The third-order valence-corrected chi connectivity index (χ3v) is 6.29. The van der Waals surface area contributed by atoms with Gasteiger partial charge >= 0.3 is 6.09 Å². The maximum atomic E-state index is 13.0. The van der Waals surface area contributed by atoms with Gasteiger partial charge in [0.1, 0.15) is 17.0 Å². The van der Waals surface area contributed by atoms with E-state index in [1.165, 1.54) is 16.0 Å². The van der Waals surface area contributed by atoms with E-state index >= 15 is 0 Å². The number of phenolic OH excluding ortho intramolecular Hbond substituents is 1. The van der Waals surface area contributed by atoms with Gasteiger partial charge in [-0.15, -0.1) is 11.3 Å². The minimum Gasteiger partial charge on any atom is -0.508 e. The molecule has 0 saturated heterocycles. The SMILES string of the molecule is CC(C)(C)OC(=O)n1nc(-c2cc3ccc(O)cc3[nH]2)c2sc(COCc3ccccc3)cc21. The Balaban J connectivity index is 1.51. The standard InChI is InChI=1S/C26H25N3O4S/c1-26(2,3)33-25(31)29-22-13-19(15-32-14-16-7-5-4-6-8-16)34-24(22)23(28-29)21-11-17-9-10-18(30)12-20(17)27-21/h4-13,27,30H,14-15H2,1-3H3. The molecule has 34 heavy (non-hydrogen) atoms. The fraction of sp³-hybridized carbons (Fsp3) is 0.231. The van der Waals surface area contributed by atoms with Crippen molar-refractivity contribution >= 4 is 38.5 Å². The normalized spacial score (nSPS) is 12.0. The summed E-state index contributed by atoms with van der Waals surface area (Å²) in [6, 6.07) is 19.0. The van der Waals surface area contributed by atoms with Gasteiger partial charge in [-0.2, -0.15) is 9.78 Å². The highest BCUT2D eigenvalue weighted by Gasteiger charge is 2.25. The zero-order valence-electron chi connectivity index (χ0n) is 19.2. The molecule has 2 aromatic carbocycles. The van der Waals surface area contributed by atoms with Crippen molar-refractivity contribution in [2.75, 3.05) is 0 Å². The number of nitrogens with zero attached hydrogens (tertiary/aromatic N) is 2. The van der Waals surface area contributed by atoms with Crippen molar-refractivity contribution < 1.29 is 19.4 Å². The van der Waals surface area contributed by atoms with Gasteiger partial charge in [-0.1, -0.05) is 30.3 Å². The summed E-state index contributed by atoms with van der Waals surface area (Å²) in [7, 11) is 0. The molecule has 0 aliphatic rings. The highest BCUT2D eigenvalue weighted by atomic mass is 32.1. The zero-order valence-corrected chi connectivity index (χ0v) is 20.0. The van der Waals surface area contributed by atoms with Crippen molar-refractivity contribution in [1.29, 1.82) is 0 Å². The first kappa shape index (κ1) is 22.2. The molecule has 0 fully saturated rings. The maximum absolute atomic E-state index is 13.0. The first-order valence-corrected chi connectivity index (χ1v) is 11.8. The zero-order chi connectivity index (χ0) is 23.9. The number of rotatable bonds is 5. The third kappa shape index (κ3) is 4.55. The van der Waals surface area contributed by atoms with Crippen molar-refractivity contribution in [3.8, 4) is 17.1 Å². The summed E-state index contributed by atoms with van der Waals surface area (Å²) in [6.45, 7) is 6.40. The van der Waals surface area contributed by atoms with E-state index in [4.69, 9.17) is 9.47 Å². The molecule has 2 N–H and O–H groups in total. The average molecular weight is 476 g/mol. The lowest BCUT2D eigenvalue weighted by atomic mass is 10.2. The van der Waals surface area contributed by atoms with Gasteiger partial charge in [0.25, 0.3) is 0 Å². The Morgan fingerprint density at radius 2 is 1.88 bits per heavy atom. The molecule has 3 aromatic heterocycles. The number of carbonyl (C=O) groups excluding carboxylic acids is 1. The summed E-state index contributed by atoms with van der Waals surface area (Å²) in [4.78, 5) is 17.2. The van der Waals surface area contributed by atoms with Crippen LogP contribution in [0.25, 0.3) is 32.5 Å². The summed E-state index contributed by atoms with van der Waals surface area (Å²) >= 11 is 1.54. The summed E-state index contributed by atoms with van der Waals surface area (Å²) < 4.78 is 13.7. The lowest BCUT2D eigenvalue weighted by Crippen LogP contribution is -2.27. The second-order valence-electron chi connectivity index (χ2n) is 9.10. The van der Waals surface area contributed by atoms with E-state index in [0.29, 0.717) is 24.4 Å². The van der Waals surface area contributed by atoms with Crippen molar-refractivity contribution in [1.82, 2.24) is 14.8 Å². The van der Waals surface area contributed by atoms with Crippen LogP contribution < -0.4 is 0 Å². The van der Waals surface area contributed by atoms with Crippen molar-refractivity contribution in [3.05, 3.63) is 71.1 Å². The Morgan fingerprint density at radius 3 is 2.65 bits per heavy atom. The predicted molar refractivity (Wildman–Crippen MR) is 133 cm³/mol. The van der Waals surface area contributed by atoms with Crippen LogP contribution in [0.4, 0.5) is 4.79 Å². The fourth-order valence-electron chi connectivity index (χ4n) is 3.74. The van der Waals surface area contributed by atoms with E-state index < -0.39 is 11.7 Å². The van der Waals surface area contributed by atoms with Crippen molar-refractivity contribution in [3.63, 3.8) is 0 Å². The van der Waals surface area contributed by atoms with E-state index in [-0.39, 0.29) is 5.75 Å². The molecule has 0 radical (unpaired) electrons. The summed E-state index contributed by atoms with van der Waals surface area (Å²) in [6.07, 6.45) is -0.535. The van der Waals surface area contributed by atoms with Crippen LogP contribution in [0.2, 0.25) is 0 Å². The molecule has 0 spiro atoms. The smallest absolute Gasteiger partial charge is 0.435 e. The van der Waals surface area contributed by atoms with Gasteiger partial charge in [-0.05, 0) is 50.6 Å². The Hall–Kier alpha value is -3.62. The molecule has 3 heterocycles. The van der Waals surface area contributed by atoms with Gasteiger partial charge in [0.2, 0.25) is 0 Å². The molecule has 0 bridgehead atoms. The van der Waals surface area contributed by atoms with Gasteiger partial charge in [0.05, 0.1) is 29.1 Å². The van der Waals surface area contributed by atoms with E-state index in [1.807, 2.05) is 69.3 Å². The third-order valence-electron chi connectivity index (χ3n) is 5.19. The number of carbonyl (C=O) groups is 1. The van der Waals surface area contributed by atoms with Crippen LogP contribution in [-0.4, -0.2) is 31.6 Å². The summed E-state index contributed by atoms with van der Waals surface area (Å²) in [5.41, 5.74) is 3.33. The van der Waals surface area contributed by atoms with E-state index in [0.717, 1.165) is 31.7 Å². The molecule has 0 amide bonds. The number of hydrogen-bond donors (Lipinski definition) is 2. The first-order valence-electron chi connectivity index (χ1n) is 11.0. The molecule has 5 aromatic rings. The number of nitrogens with one attached hydrogen (secondary N) is 1. The highest BCUT2D eigenvalue weighted by Crippen LogP contribution is 2.36. The molecule has 0 unspecified atom stereocenters. The molecular formula is C26H25N3O4S. The number of aromatic hydroxyl groups is 1. The first-order chi connectivity index (χ1) is 16.3. The van der Waals surface area contributed by atoms with Gasteiger partial charge in [0.15, 0.2) is 0 Å². The van der Waals surface area contributed by atoms with Crippen LogP contribution >= 0.6 is 11.3 Å². The lowest BCUT2D eigenvalue weighted by Gasteiger charge is -2.19. The lowest BCUT2D eigenvalue weighted by molar-refractivity contribution is 0.0523. The topological polar surface area (TPSA) is 89.4 Å². The molecule has 0 saturated carbocycles. The number of hydrogen-bond acceptors (Lipinski definition) is 6. The van der Waals surface area contributed by atoms with Crippen molar-refractivity contribution in [2.45, 2.75) is 39.6 Å². The molecule has 0 atom stereocenters. The van der Waals surface area contributed by atoms with Gasteiger partial charge in [-0.25, -0.2) is 4.79 Å². The second kappa shape index (κ2) is 8.62. The number of H-pyrrole nitrogens is 1. The average Bonchev–Trinajstić information content (AvgIpc) is 3.46. The van der Waals surface area contributed by atoms with Gasteiger partial charge in [-0.3, -0.25) is 0 Å². The van der Waals surface area contributed by atoms with Crippen LogP contribution in [0.15, 0.2) is 60.7 Å². The Bertz CT molecular complexity index is 1470. The monoisotopic (exact) mass is 475 g/mol. The number of aromatic nitrogens is 3. The van der Waals surface area contributed by atoms with Crippen LogP contribution in [0, 0.1) is 0 Å². The van der Waals surface area contributed by atoms with E-state index in [2.05, 4.69) is 10.1 Å². The maximum Gasteiger partial charge on any atom is 0.435 e. The van der Waals surface area contributed by atoms with Crippen LogP contribution in [0.1, 0.15) is 31.2 Å². The summed E-state index contributed by atoms with van der Waals surface area (Å²) in [5, 5.41) is 15.4. The Labute approximate surface area is 200 Å². The largest absolute Gasteiger partial charge is 0.508 e. The minimum absolute atomic E-state index is 0.180. The summed E-state index contributed by atoms with van der Waals surface area (Å²) in [5.74, 6) is 0.180. The number of phenols is 1. The molecule has 5 rings (SSSR count). The Morgan fingerprint density at radius 1 is 1.09 bits per heavy atom. The number of fused-ring (bicyclic) bond motifs is 2. The second-order valence-corrected chi connectivity index (χ2v) is 10.2. The minimum atomic E-state index is -0.647. The fourth-order valence-corrected chi connectivity index (χ4v) is 4.81. The van der Waals surface area contributed by atoms with Crippen molar-refractivity contribution in [2.24, 2.45) is 0 Å². The number of aromatic amines is 1. The predicted octanol–water partition coefficient (Wildman–Crippen LogP) is 6.45. The van der Waals surface area contributed by atoms with Crippen LogP contribution in [0.3, 0.4) is 0 Å². The van der Waals surface area contributed by atoms with E-state index in [1.54, 1.807) is 12.1 Å².